The van der Waals surface area contributed by atoms with E-state index in [1.165, 1.54) is 12.8 Å². The van der Waals surface area contributed by atoms with Crippen molar-refractivity contribution in [1.29, 1.82) is 0 Å². The van der Waals surface area contributed by atoms with Gasteiger partial charge in [0, 0.05) is 10.2 Å². The Kier molecular flexibility index (Phi) is 35.4. The van der Waals surface area contributed by atoms with E-state index in [-0.39, 0.29) is 24.8 Å². The predicted molar refractivity (Wildman–Crippen MR) is 40.0 cm³/mol. The van der Waals surface area contributed by atoms with Gasteiger partial charge in [0.15, 0.2) is 0 Å². The highest BCUT2D eigenvalue weighted by molar-refractivity contribution is 6.08. The van der Waals surface area contributed by atoms with Gasteiger partial charge in [0.05, 0.1) is 0 Å². The van der Waals surface area contributed by atoms with Gasteiger partial charge in [-0.1, -0.05) is 25.8 Å². The number of hydrogen-bond donors (Lipinski definition) is 0. The van der Waals surface area contributed by atoms with Crippen molar-refractivity contribution < 1.29 is 0 Å². The molecule has 0 aromatic carbocycles. The van der Waals surface area contributed by atoms with Crippen LogP contribution < -0.4 is 0 Å². The average molecular weight is 158 g/mol. The molecule has 3 radical (unpaired) electrons. The molecule has 0 aromatic rings. The Bertz CT molecular complexity index is 17.2. The predicted octanol–water partition coefficient (Wildman–Crippen LogP) is 2.22. The van der Waals surface area contributed by atoms with Gasteiger partial charge in [0.25, 0.3) is 0 Å². The lowest BCUT2D eigenvalue weighted by atomic mass is 10.4. The molecule has 0 aromatic heterocycles. The molecular formula is C4H11Cl2Si. The maximum absolute atomic E-state index is 3.35. The lowest BCUT2D eigenvalue weighted by Gasteiger charge is -1.78. The lowest BCUT2D eigenvalue weighted by Crippen LogP contribution is -1.63. The molecule has 0 aliphatic rings. The Morgan fingerprint density at radius 2 is 1.71 bits per heavy atom. The van der Waals surface area contributed by atoms with Gasteiger partial charge in [-0.25, -0.2) is 0 Å². The van der Waals surface area contributed by atoms with Crippen molar-refractivity contribution in [1.82, 2.24) is 0 Å². The minimum Gasteiger partial charge on any atom is -0.147 e. The summed E-state index contributed by atoms with van der Waals surface area (Å²) < 4.78 is 0. The summed E-state index contributed by atoms with van der Waals surface area (Å²) in [5.74, 6) is 0. The molecule has 0 saturated carbocycles. The molecule has 0 saturated heterocycles. The van der Waals surface area contributed by atoms with Gasteiger partial charge < -0.3 is 0 Å². The second kappa shape index (κ2) is 15.8. The molecule has 0 unspecified atom stereocenters. The van der Waals surface area contributed by atoms with E-state index in [4.69, 9.17) is 0 Å². The molecule has 0 aliphatic heterocycles. The topological polar surface area (TPSA) is 0 Å². The maximum atomic E-state index is 3.35. The van der Waals surface area contributed by atoms with Crippen LogP contribution in [0, 0.1) is 0 Å². The van der Waals surface area contributed by atoms with Crippen molar-refractivity contribution in [2.45, 2.75) is 25.8 Å². The molecule has 0 atom stereocenters. The smallest absolute Gasteiger partial charge is 0.0222 e. The first-order chi connectivity index (χ1) is 2.41. The minimum atomic E-state index is 0. The number of halogens is 2. The van der Waals surface area contributed by atoms with Gasteiger partial charge >= 0.3 is 0 Å². The summed E-state index contributed by atoms with van der Waals surface area (Å²) in [6.45, 7) is 2.18. The number of hydrogen-bond acceptors (Lipinski definition) is 0. The highest BCUT2D eigenvalue weighted by Gasteiger charge is 1.68. The third-order valence-corrected chi connectivity index (χ3v) is 0.884. The fraction of sp³-hybridized carbons (Fsp3) is 1.00. The average Bonchev–Trinajstić information content (AvgIpc) is 1.41. The van der Waals surface area contributed by atoms with Crippen molar-refractivity contribution in [3.05, 3.63) is 0 Å². The summed E-state index contributed by atoms with van der Waals surface area (Å²) in [5.41, 5.74) is 0. The molecule has 0 amide bonds. The van der Waals surface area contributed by atoms with Crippen LogP contribution in [-0.4, -0.2) is 10.2 Å². The van der Waals surface area contributed by atoms with Gasteiger partial charge in [-0.3, -0.25) is 0 Å². The molecule has 0 bridgehead atoms. The van der Waals surface area contributed by atoms with Crippen LogP contribution >= 0.6 is 24.8 Å². The SMILES string of the molecule is CCCC[Si].Cl.Cl. The second-order valence-corrected chi connectivity index (χ2v) is 1.60. The summed E-state index contributed by atoms with van der Waals surface area (Å²) >= 11 is 0. The zero-order valence-corrected chi connectivity index (χ0v) is 7.07. The van der Waals surface area contributed by atoms with Gasteiger partial charge in [-0.15, -0.1) is 24.8 Å². The molecular weight excluding hydrogens is 147 g/mol. The monoisotopic (exact) mass is 157 g/mol. The van der Waals surface area contributed by atoms with Crippen molar-refractivity contribution in [3.8, 4) is 0 Å². The van der Waals surface area contributed by atoms with Crippen LogP contribution in [0.25, 0.3) is 0 Å². The molecule has 0 nitrogen and oxygen atoms in total. The maximum Gasteiger partial charge on any atom is 0.0222 e. The van der Waals surface area contributed by atoms with E-state index >= 15 is 0 Å². The number of rotatable bonds is 2. The highest BCUT2D eigenvalue weighted by atomic mass is 35.5. The van der Waals surface area contributed by atoms with Crippen LogP contribution in [-0.2, 0) is 0 Å². The molecule has 0 spiro atoms. The van der Waals surface area contributed by atoms with Gasteiger partial charge in [-0.2, -0.15) is 0 Å². The summed E-state index contributed by atoms with van der Waals surface area (Å²) in [7, 11) is 3.35. The Morgan fingerprint density at radius 1 is 1.29 bits per heavy atom. The molecule has 3 heteroatoms. The van der Waals surface area contributed by atoms with Gasteiger partial charge in [-0.05, 0) is 0 Å². The third kappa shape index (κ3) is 20.0. The van der Waals surface area contributed by atoms with Crippen molar-refractivity contribution >= 4 is 35.1 Å². The fourth-order valence-corrected chi connectivity index (χ4v) is 0.530. The number of unbranched alkanes of at least 4 members (excludes halogenated alkanes) is 1. The zero-order valence-electron chi connectivity index (χ0n) is 4.44. The molecule has 0 N–H and O–H groups in total. The first-order valence-electron chi connectivity index (χ1n) is 2.06. The highest BCUT2D eigenvalue weighted by Crippen LogP contribution is 1.86. The van der Waals surface area contributed by atoms with Gasteiger partial charge in [0.1, 0.15) is 0 Å². The van der Waals surface area contributed by atoms with E-state index < -0.39 is 0 Å². The molecule has 7 heavy (non-hydrogen) atoms. The Hall–Kier alpha value is 0.797. The van der Waals surface area contributed by atoms with Gasteiger partial charge in [0.2, 0.25) is 0 Å². The van der Waals surface area contributed by atoms with Crippen LogP contribution in [0.1, 0.15) is 19.8 Å². The fourth-order valence-electron chi connectivity index (χ4n) is 0.177. The standard InChI is InChI=1S/C4H9Si.2ClH/c1-2-3-4-5;;/h2-4H2,1H3;2*1H. The van der Waals surface area contributed by atoms with Crippen LogP contribution in [0.2, 0.25) is 6.04 Å². The van der Waals surface area contributed by atoms with E-state index in [1.807, 2.05) is 0 Å². The van der Waals surface area contributed by atoms with Crippen LogP contribution in [0.3, 0.4) is 0 Å². The Balaban J connectivity index is -0.0000000800. The second-order valence-electron chi connectivity index (χ2n) is 1.10. The van der Waals surface area contributed by atoms with E-state index in [2.05, 4.69) is 17.2 Å². The van der Waals surface area contributed by atoms with Crippen LogP contribution in [0.5, 0.6) is 0 Å². The summed E-state index contributed by atoms with van der Waals surface area (Å²) in [6.07, 6.45) is 2.60. The molecule has 0 fully saturated rings. The molecule has 0 heterocycles. The van der Waals surface area contributed by atoms with E-state index in [1.54, 1.807) is 0 Å². The molecule has 0 aliphatic carbocycles. The van der Waals surface area contributed by atoms with Crippen molar-refractivity contribution in [2.24, 2.45) is 0 Å². The Labute approximate surface area is 61.3 Å². The van der Waals surface area contributed by atoms with E-state index in [0.29, 0.717) is 0 Å². The molecule has 0 rings (SSSR count). The van der Waals surface area contributed by atoms with Crippen molar-refractivity contribution in [2.75, 3.05) is 0 Å². The third-order valence-electron chi connectivity index (χ3n) is 0.530. The van der Waals surface area contributed by atoms with E-state index in [0.717, 1.165) is 6.04 Å². The van der Waals surface area contributed by atoms with Crippen molar-refractivity contribution in [3.63, 3.8) is 0 Å². The largest absolute Gasteiger partial charge is 0.147 e. The summed E-state index contributed by atoms with van der Waals surface area (Å²) in [4.78, 5) is 0. The summed E-state index contributed by atoms with van der Waals surface area (Å²) in [6, 6.07) is 1.15. The normalized spacial score (nSPS) is 6.00. The molecule has 45 valence electrons. The quantitative estimate of drug-likeness (QED) is 0.540. The van der Waals surface area contributed by atoms with E-state index in [9.17, 15) is 0 Å². The first kappa shape index (κ1) is 15.7. The first-order valence-corrected chi connectivity index (χ1v) is 2.77. The van der Waals surface area contributed by atoms with Crippen LogP contribution in [0.4, 0.5) is 0 Å². The lowest BCUT2D eigenvalue weighted by molar-refractivity contribution is 0.884. The van der Waals surface area contributed by atoms with Crippen LogP contribution in [0.15, 0.2) is 0 Å². The zero-order chi connectivity index (χ0) is 4.12. The summed E-state index contributed by atoms with van der Waals surface area (Å²) in [5, 5.41) is 0. The Morgan fingerprint density at radius 3 is 1.71 bits per heavy atom. The minimum absolute atomic E-state index is 0.